The summed E-state index contributed by atoms with van der Waals surface area (Å²) in [4.78, 5) is -0.310. The largest absolute Gasteiger partial charge is 0.507 e. The van der Waals surface area contributed by atoms with Gasteiger partial charge in [0.1, 0.15) is 16.0 Å². The molecule has 2 aromatic rings. The van der Waals surface area contributed by atoms with Gasteiger partial charge in [0.2, 0.25) is 9.84 Å². The molecule has 0 amide bonds. The van der Waals surface area contributed by atoms with E-state index in [1.807, 2.05) is 47.6 Å². The third-order valence-corrected chi connectivity index (χ3v) is 7.27. The SMILES string of the molecule is CC(C)(C)c1cc(/C=C(/C#N)S(=O)(=O)c2cccs2)cc(C(C)(C)C)c1O. The predicted octanol–water partition coefficient (Wildman–Crippen LogP) is 5.39. The molecule has 27 heavy (non-hydrogen) atoms. The van der Waals surface area contributed by atoms with Gasteiger partial charge >= 0.3 is 0 Å². The van der Waals surface area contributed by atoms with E-state index in [1.54, 1.807) is 23.6 Å². The normalized spacial score (nSPS) is 13.4. The lowest BCUT2D eigenvalue weighted by molar-refractivity contribution is 0.423. The smallest absolute Gasteiger partial charge is 0.226 e. The highest BCUT2D eigenvalue weighted by Crippen LogP contribution is 2.40. The van der Waals surface area contributed by atoms with Crippen LogP contribution in [0.5, 0.6) is 5.75 Å². The van der Waals surface area contributed by atoms with Gasteiger partial charge in [0.15, 0.2) is 4.91 Å². The number of phenols is 1. The van der Waals surface area contributed by atoms with Gasteiger partial charge in [0, 0.05) is 11.1 Å². The first kappa shape index (κ1) is 21.2. The Labute approximate surface area is 165 Å². The van der Waals surface area contributed by atoms with E-state index in [4.69, 9.17) is 0 Å². The zero-order valence-corrected chi connectivity index (χ0v) is 18.1. The minimum Gasteiger partial charge on any atom is -0.507 e. The van der Waals surface area contributed by atoms with Crippen molar-refractivity contribution < 1.29 is 13.5 Å². The zero-order valence-electron chi connectivity index (χ0n) is 16.5. The van der Waals surface area contributed by atoms with Crippen molar-refractivity contribution in [3.05, 3.63) is 51.2 Å². The zero-order chi connectivity index (χ0) is 20.6. The van der Waals surface area contributed by atoms with Gasteiger partial charge in [-0.15, -0.1) is 11.3 Å². The third-order valence-electron chi connectivity index (χ3n) is 4.21. The number of aromatic hydroxyl groups is 1. The quantitative estimate of drug-likeness (QED) is 0.697. The van der Waals surface area contributed by atoms with Crippen LogP contribution in [-0.2, 0) is 20.7 Å². The van der Waals surface area contributed by atoms with E-state index in [0.717, 1.165) is 11.3 Å². The van der Waals surface area contributed by atoms with Crippen LogP contribution in [0.15, 0.2) is 38.8 Å². The standard InChI is InChI=1S/C21H25NO3S2/c1-20(2,3)16-11-14(12-17(19(16)23)21(4,5)6)10-15(13-22)27(24,25)18-8-7-9-26-18/h7-12,23H,1-6H3/b15-10-. The number of sulfone groups is 1. The maximum atomic E-state index is 12.7. The van der Waals surface area contributed by atoms with E-state index < -0.39 is 9.84 Å². The first-order valence-corrected chi connectivity index (χ1v) is 10.9. The molecule has 2 rings (SSSR count). The van der Waals surface area contributed by atoms with E-state index in [9.17, 15) is 18.8 Å². The Morgan fingerprint density at radius 3 is 2.00 bits per heavy atom. The average molecular weight is 404 g/mol. The van der Waals surface area contributed by atoms with Crippen LogP contribution in [-0.4, -0.2) is 13.5 Å². The predicted molar refractivity (Wildman–Crippen MR) is 111 cm³/mol. The fraction of sp³-hybridized carbons (Fsp3) is 0.381. The number of allylic oxidation sites excluding steroid dienone is 1. The molecule has 0 saturated heterocycles. The Bertz CT molecular complexity index is 976. The van der Waals surface area contributed by atoms with Gasteiger partial charge in [-0.1, -0.05) is 47.6 Å². The van der Waals surface area contributed by atoms with Crippen LogP contribution < -0.4 is 0 Å². The second-order valence-corrected chi connectivity index (χ2v) is 11.6. The fourth-order valence-electron chi connectivity index (χ4n) is 2.73. The lowest BCUT2D eigenvalue weighted by atomic mass is 9.78. The second kappa shape index (κ2) is 7.14. The highest BCUT2D eigenvalue weighted by atomic mass is 32.2. The van der Waals surface area contributed by atoms with Gasteiger partial charge in [0.05, 0.1) is 0 Å². The monoisotopic (exact) mass is 403 g/mol. The summed E-state index contributed by atoms with van der Waals surface area (Å²) >= 11 is 1.08. The molecule has 1 heterocycles. The van der Waals surface area contributed by atoms with Gasteiger partial charge < -0.3 is 5.11 Å². The lowest BCUT2D eigenvalue weighted by Gasteiger charge is -2.28. The van der Waals surface area contributed by atoms with E-state index >= 15 is 0 Å². The van der Waals surface area contributed by atoms with Crippen LogP contribution in [0.3, 0.4) is 0 Å². The van der Waals surface area contributed by atoms with Gasteiger partial charge in [0.25, 0.3) is 0 Å². The van der Waals surface area contributed by atoms with Crippen molar-refractivity contribution in [1.82, 2.24) is 0 Å². The number of nitrogens with zero attached hydrogens (tertiary/aromatic N) is 1. The summed E-state index contributed by atoms with van der Waals surface area (Å²) in [7, 11) is -3.86. The van der Waals surface area contributed by atoms with Crippen LogP contribution in [0.1, 0.15) is 58.2 Å². The van der Waals surface area contributed by atoms with Crippen molar-refractivity contribution >= 4 is 27.3 Å². The molecule has 0 aliphatic rings. The summed E-state index contributed by atoms with van der Waals surface area (Å²) in [6, 6.07) is 8.47. The number of hydrogen-bond acceptors (Lipinski definition) is 5. The molecule has 1 aromatic carbocycles. The Balaban J connectivity index is 2.75. The highest BCUT2D eigenvalue weighted by Gasteiger charge is 2.27. The van der Waals surface area contributed by atoms with Crippen LogP contribution >= 0.6 is 11.3 Å². The van der Waals surface area contributed by atoms with Crippen LogP contribution in [0.2, 0.25) is 0 Å². The van der Waals surface area contributed by atoms with Crippen molar-refractivity contribution in [1.29, 1.82) is 5.26 Å². The molecule has 144 valence electrons. The summed E-state index contributed by atoms with van der Waals surface area (Å²) < 4.78 is 25.6. The number of thiophene rings is 1. The first-order chi connectivity index (χ1) is 12.3. The number of hydrogen-bond donors (Lipinski definition) is 1. The molecule has 0 aliphatic carbocycles. The Kier molecular flexibility index (Phi) is 5.61. The average Bonchev–Trinajstić information content (AvgIpc) is 3.06. The van der Waals surface area contributed by atoms with Crippen LogP contribution in [0.4, 0.5) is 0 Å². The molecule has 1 aromatic heterocycles. The molecule has 0 bridgehead atoms. The Morgan fingerprint density at radius 2 is 1.63 bits per heavy atom. The molecule has 0 saturated carbocycles. The Morgan fingerprint density at radius 1 is 1.11 bits per heavy atom. The molecule has 6 heteroatoms. The van der Waals surface area contributed by atoms with E-state index in [0.29, 0.717) is 16.7 Å². The molecule has 0 atom stereocenters. The summed E-state index contributed by atoms with van der Waals surface area (Å²) in [5.74, 6) is 0.215. The van der Waals surface area contributed by atoms with Crippen LogP contribution in [0, 0.1) is 11.3 Å². The van der Waals surface area contributed by atoms with E-state index in [1.165, 1.54) is 12.1 Å². The first-order valence-electron chi connectivity index (χ1n) is 8.57. The van der Waals surface area contributed by atoms with Crippen molar-refractivity contribution in [2.24, 2.45) is 0 Å². The number of nitriles is 1. The highest BCUT2D eigenvalue weighted by molar-refractivity contribution is 7.97. The van der Waals surface area contributed by atoms with Gasteiger partial charge in [-0.3, -0.25) is 0 Å². The Hall–Kier alpha value is -2.10. The fourth-order valence-corrected chi connectivity index (χ4v) is 5.01. The van der Waals surface area contributed by atoms with Crippen molar-refractivity contribution in [2.45, 2.75) is 56.6 Å². The van der Waals surface area contributed by atoms with Crippen molar-refractivity contribution in [2.75, 3.05) is 0 Å². The molecule has 0 fully saturated rings. The number of phenolic OH excluding ortho intramolecular Hbond substituents is 1. The molecule has 4 nitrogen and oxygen atoms in total. The second-order valence-electron chi connectivity index (χ2n) is 8.52. The van der Waals surface area contributed by atoms with Gasteiger partial charge in [-0.25, -0.2) is 8.42 Å². The summed E-state index contributed by atoms with van der Waals surface area (Å²) in [6.07, 6.45) is 1.39. The van der Waals surface area contributed by atoms with Gasteiger partial charge in [-0.2, -0.15) is 5.26 Å². The van der Waals surface area contributed by atoms with E-state index in [-0.39, 0.29) is 25.7 Å². The summed E-state index contributed by atoms with van der Waals surface area (Å²) in [6.45, 7) is 11.9. The minimum absolute atomic E-state index is 0.140. The molecule has 0 radical (unpaired) electrons. The topological polar surface area (TPSA) is 78.2 Å². The molecule has 0 spiro atoms. The van der Waals surface area contributed by atoms with E-state index in [2.05, 4.69) is 0 Å². The van der Waals surface area contributed by atoms with Gasteiger partial charge in [-0.05, 0) is 46.0 Å². The minimum atomic E-state index is -3.86. The summed E-state index contributed by atoms with van der Waals surface area (Å²) in [5, 5.41) is 21.9. The number of rotatable bonds is 3. The maximum absolute atomic E-state index is 12.7. The molecular formula is C21H25NO3S2. The van der Waals surface area contributed by atoms with Crippen molar-refractivity contribution in [3.8, 4) is 11.8 Å². The van der Waals surface area contributed by atoms with Crippen molar-refractivity contribution in [3.63, 3.8) is 0 Å². The molecular weight excluding hydrogens is 378 g/mol. The molecule has 0 aliphatic heterocycles. The third kappa shape index (κ3) is 4.42. The summed E-state index contributed by atoms with van der Waals surface area (Å²) in [5.41, 5.74) is 1.33. The lowest BCUT2D eigenvalue weighted by Crippen LogP contribution is -2.17. The molecule has 0 unspecified atom stereocenters. The van der Waals surface area contributed by atoms with Crippen LogP contribution in [0.25, 0.3) is 6.08 Å². The number of benzene rings is 1. The molecule has 1 N–H and O–H groups in total. The maximum Gasteiger partial charge on any atom is 0.226 e.